The average Bonchev–Trinajstić information content (AvgIpc) is 2.96. The number of hydrogen-bond acceptors (Lipinski definition) is 3. The van der Waals surface area contributed by atoms with Gasteiger partial charge in [-0.05, 0) is 44.0 Å². The lowest BCUT2D eigenvalue weighted by atomic mass is 10.3. The molecule has 3 heteroatoms. The molecule has 2 fully saturated rings. The summed E-state index contributed by atoms with van der Waals surface area (Å²) >= 11 is 0. The third kappa shape index (κ3) is 2.72. The van der Waals surface area contributed by atoms with Crippen LogP contribution in [0, 0.1) is 5.92 Å². The van der Waals surface area contributed by atoms with E-state index in [9.17, 15) is 0 Å². The van der Waals surface area contributed by atoms with Gasteiger partial charge in [0.05, 0.1) is 6.54 Å². The number of rotatable bonds is 3. The van der Waals surface area contributed by atoms with E-state index in [-0.39, 0.29) is 0 Å². The van der Waals surface area contributed by atoms with E-state index in [0.29, 0.717) is 5.92 Å². The quantitative estimate of drug-likeness (QED) is 0.869. The summed E-state index contributed by atoms with van der Waals surface area (Å²) in [4.78, 5) is 2.49. The lowest BCUT2D eigenvalue weighted by molar-refractivity contribution is 0.256. The molecule has 0 amide bonds. The van der Waals surface area contributed by atoms with Crippen LogP contribution in [-0.4, -0.2) is 31.1 Å². The van der Waals surface area contributed by atoms with Crippen LogP contribution in [0.3, 0.4) is 0 Å². The maximum atomic E-state index is 5.96. The maximum Gasteiger partial charge on any atom is 0.118 e. The molecule has 1 saturated heterocycles. The first kappa shape index (κ1) is 11.3. The van der Waals surface area contributed by atoms with E-state index in [1.54, 1.807) is 0 Å². The highest BCUT2D eigenvalue weighted by atomic mass is 16.3. The highest BCUT2D eigenvalue weighted by molar-refractivity contribution is 5.17. The summed E-state index contributed by atoms with van der Waals surface area (Å²) in [5.74, 6) is 3.88. The van der Waals surface area contributed by atoms with Gasteiger partial charge in [0.1, 0.15) is 11.5 Å². The second kappa shape index (κ2) is 4.83. The summed E-state index contributed by atoms with van der Waals surface area (Å²) in [7, 11) is 0. The Bertz CT molecular complexity index is 366. The standard InChI is InChI=1S/C14H22N2O/c1-11-9-13(11)14-4-3-12(17-14)10-16-7-2-5-15-6-8-16/h3-4,11,13,15H,2,5-10H2,1H3. The van der Waals surface area contributed by atoms with Crippen LogP contribution in [0.15, 0.2) is 16.5 Å². The fourth-order valence-corrected chi connectivity index (χ4v) is 2.68. The van der Waals surface area contributed by atoms with Crippen LogP contribution in [0.5, 0.6) is 0 Å². The SMILES string of the molecule is CC1CC1c1ccc(CN2CCCNCC2)o1. The molecule has 94 valence electrons. The lowest BCUT2D eigenvalue weighted by Crippen LogP contribution is -2.27. The van der Waals surface area contributed by atoms with Crippen molar-refractivity contribution in [1.82, 2.24) is 10.2 Å². The smallest absolute Gasteiger partial charge is 0.118 e. The van der Waals surface area contributed by atoms with E-state index < -0.39 is 0 Å². The molecule has 1 aromatic heterocycles. The Morgan fingerprint density at radius 3 is 3.06 bits per heavy atom. The number of furan rings is 1. The molecule has 17 heavy (non-hydrogen) atoms. The van der Waals surface area contributed by atoms with Crippen molar-refractivity contribution in [3.8, 4) is 0 Å². The fourth-order valence-electron chi connectivity index (χ4n) is 2.68. The molecule has 2 heterocycles. The fraction of sp³-hybridized carbons (Fsp3) is 0.714. The van der Waals surface area contributed by atoms with Crippen molar-refractivity contribution in [3.63, 3.8) is 0 Å². The third-order valence-electron chi connectivity index (χ3n) is 3.97. The van der Waals surface area contributed by atoms with E-state index in [1.165, 1.54) is 25.1 Å². The summed E-state index contributed by atoms with van der Waals surface area (Å²) in [6.45, 7) is 7.85. The van der Waals surface area contributed by atoms with Crippen LogP contribution in [-0.2, 0) is 6.54 Å². The van der Waals surface area contributed by atoms with Crippen LogP contribution in [0.25, 0.3) is 0 Å². The zero-order valence-electron chi connectivity index (χ0n) is 10.6. The van der Waals surface area contributed by atoms with Gasteiger partial charge in [-0.15, -0.1) is 0 Å². The van der Waals surface area contributed by atoms with Crippen molar-refractivity contribution < 1.29 is 4.42 Å². The Labute approximate surface area is 103 Å². The van der Waals surface area contributed by atoms with E-state index in [4.69, 9.17) is 4.42 Å². The molecule has 1 N–H and O–H groups in total. The molecular formula is C14H22N2O. The summed E-state index contributed by atoms with van der Waals surface area (Å²) in [5, 5.41) is 3.43. The molecule has 1 aliphatic heterocycles. The second-order valence-electron chi connectivity index (χ2n) is 5.50. The van der Waals surface area contributed by atoms with Gasteiger partial charge >= 0.3 is 0 Å². The van der Waals surface area contributed by atoms with E-state index in [1.807, 2.05) is 0 Å². The highest BCUT2D eigenvalue weighted by Gasteiger charge is 2.36. The second-order valence-corrected chi connectivity index (χ2v) is 5.50. The number of hydrogen-bond donors (Lipinski definition) is 1. The molecule has 3 rings (SSSR count). The van der Waals surface area contributed by atoms with Gasteiger partial charge in [-0.25, -0.2) is 0 Å². The van der Waals surface area contributed by atoms with Gasteiger partial charge in [0.15, 0.2) is 0 Å². The van der Waals surface area contributed by atoms with Gasteiger partial charge in [0.2, 0.25) is 0 Å². The van der Waals surface area contributed by atoms with Crippen molar-refractivity contribution >= 4 is 0 Å². The molecule has 1 saturated carbocycles. The third-order valence-corrected chi connectivity index (χ3v) is 3.97. The summed E-state index contributed by atoms with van der Waals surface area (Å²) in [6.07, 6.45) is 2.55. The summed E-state index contributed by atoms with van der Waals surface area (Å²) in [6, 6.07) is 4.35. The van der Waals surface area contributed by atoms with E-state index >= 15 is 0 Å². The van der Waals surface area contributed by atoms with Gasteiger partial charge < -0.3 is 9.73 Å². The Balaban J connectivity index is 1.58. The molecule has 2 aliphatic rings. The first-order chi connectivity index (χ1) is 8.33. The first-order valence-electron chi connectivity index (χ1n) is 6.84. The van der Waals surface area contributed by atoms with Crippen LogP contribution >= 0.6 is 0 Å². The zero-order chi connectivity index (χ0) is 11.7. The van der Waals surface area contributed by atoms with Gasteiger partial charge in [-0.3, -0.25) is 4.90 Å². The number of nitrogens with zero attached hydrogens (tertiary/aromatic N) is 1. The minimum Gasteiger partial charge on any atom is -0.464 e. The monoisotopic (exact) mass is 234 g/mol. The first-order valence-corrected chi connectivity index (χ1v) is 6.84. The molecule has 1 aromatic rings. The predicted molar refractivity (Wildman–Crippen MR) is 68.0 cm³/mol. The molecule has 1 aliphatic carbocycles. The maximum absolute atomic E-state index is 5.96. The van der Waals surface area contributed by atoms with Crippen molar-refractivity contribution in [2.24, 2.45) is 5.92 Å². The molecule has 0 aromatic carbocycles. The van der Waals surface area contributed by atoms with Crippen LogP contribution < -0.4 is 5.32 Å². The van der Waals surface area contributed by atoms with Gasteiger partial charge in [-0.1, -0.05) is 6.92 Å². The largest absolute Gasteiger partial charge is 0.464 e. The molecule has 0 radical (unpaired) electrons. The van der Waals surface area contributed by atoms with Gasteiger partial charge in [0.25, 0.3) is 0 Å². The average molecular weight is 234 g/mol. The Kier molecular flexibility index (Phi) is 3.21. The molecule has 3 nitrogen and oxygen atoms in total. The van der Waals surface area contributed by atoms with Crippen LogP contribution in [0.2, 0.25) is 0 Å². The molecule has 0 spiro atoms. The van der Waals surface area contributed by atoms with Crippen molar-refractivity contribution in [2.75, 3.05) is 26.2 Å². The zero-order valence-corrected chi connectivity index (χ0v) is 10.6. The lowest BCUT2D eigenvalue weighted by Gasteiger charge is -2.17. The highest BCUT2D eigenvalue weighted by Crippen LogP contribution is 2.47. The van der Waals surface area contributed by atoms with E-state index in [2.05, 4.69) is 29.3 Å². The Morgan fingerprint density at radius 2 is 2.24 bits per heavy atom. The van der Waals surface area contributed by atoms with Crippen molar-refractivity contribution in [2.45, 2.75) is 32.2 Å². The molecule has 2 atom stereocenters. The molecule has 0 bridgehead atoms. The van der Waals surface area contributed by atoms with Crippen LogP contribution in [0.4, 0.5) is 0 Å². The van der Waals surface area contributed by atoms with Crippen molar-refractivity contribution in [1.29, 1.82) is 0 Å². The van der Waals surface area contributed by atoms with Gasteiger partial charge in [-0.2, -0.15) is 0 Å². The normalized spacial score (nSPS) is 30.2. The van der Waals surface area contributed by atoms with E-state index in [0.717, 1.165) is 37.9 Å². The predicted octanol–water partition coefficient (Wildman–Crippen LogP) is 2.20. The minimum atomic E-state index is 0.703. The topological polar surface area (TPSA) is 28.4 Å². The summed E-state index contributed by atoms with van der Waals surface area (Å²) < 4.78 is 5.96. The molecular weight excluding hydrogens is 212 g/mol. The Hall–Kier alpha value is -0.800. The van der Waals surface area contributed by atoms with Crippen molar-refractivity contribution in [3.05, 3.63) is 23.7 Å². The molecule has 2 unspecified atom stereocenters. The minimum absolute atomic E-state index is 0.703. The number of nitrogens with one attached hydrogen (secondary N) is 1. The Morgan fingerprint density at radius 1 is 1.35 bits per heavy atom. The summed E-state index contributed by atoms with van der Waals surface area (Å²) in [5.41, 5.74) is 0. The van der Waals surface area contributed by atoms with Gasteiger partial charge in [0, 0.05) is 19.0 Å². The van der Waals surface area contributed by atoms with Crippen LogP contribution in [0.1, 0.15) is 37.2 Å².